The van der Waals surface area contributed by atoms with Gasteiger partial charge in [-0.15, -0.1) is 0 Å². The molecule has 2 aromatic rings. The first-order valence-electron chi connectivity index (χ1n) is 7.43. The minimum atomic E-state index is 0.0894. The van der Waals surface area contributed by atoms with Crippen LogP contribution in [0.15, 0.2) is 30.6 Å². The molecule has 1 aliphatic heterocycles. The Labute approximate surface area is 125 Å². The number of carbonyl (C=O) groups is 1. The molecule has 1 aliphatic rings. The van der Waals surface area contributed by atoms with Crippen molar-refractivity contribution >= 4 is 5.91 Å². The molecule has 0 aliphatic carbocycles. The van der Waals surface area contributed by atoms with Gasteiger partial charge in [-0.3, -0.25) is 9.48 Å². The van der Waals surface area contributed by atoms with Crippen LogP contribution in [-0.4, -0.2) is 27.1 Å². The molecule has 2 heterocycles. The Morgan fingerprint density at radius 3 is 2.86 bits per heavy atom. The molecule has 0 radical (unpaired) electrons. The summed E-state index contributed by atoms with van der Waals surface area (Å²) in [5.41, 5.74) is 4.47. The summed E-state index contributed by atoms with van der Waals surface area (Å²) in [5, 5.41) is 4.11. The SMILES string of the molecule is Cc1ccc(C)c(C2CCCN2C(=O)c2cnn(C)c2)c1. The minimum absolute atomic E-state index is 0.0894. The van der Waals surface area contributed by atoms with Gasteiger partial charge in [0.15, 0.2) is 0 Å². The molecule has 0 bridgehead atoms. The van der Waals surface area contributed by atoms with Gasteiger partial charge in [0.2, 0.25) is 0 Å². The van der Waals surface area contributed by atoms with E-state index >= 15 is 0 Å². The summed E-state index contributed by atoms with van der Waals surface area (Å²) in [5.74, 6) is 0.0894. The number of benzene rings is 1. The number of carbonyl (C=O) groups excluding carboxylic acids is 1. The first-order chi connectivity index (χ1) is 10.1. The number of rotatable bonds is 2. The molecule has 4 nitrogen and oxygen atoms in total. The molecule has 21 heavy (non-hydrogen) atoms. The van der Waals surface area contributed by atoms with E-state index in [4.69, 9.17) is 0 Å². The van der Waals surface area contributed by atoms with E-state index in [1.54, 1.807) is 17.1 Å². The second-order valence-electron chi connectivity index (χ2n) is 5.92. The van der Waals surface area contributed by atoms with Gasteiger partial charge in [-0.1, -0.05) is 23.8 Å². The predicted molar refractivity (Wildman–Crippen MR) is 82.1 cm³/mol. The minimum Gasteiger partial charge on any atom is -0.331 e. The maximum Gasteiger partial charge on any atom is 0.257 e. The van der Waals surface area contributed by atoms with E-state index in [1.807, 2.05) is 11.9 Å². The van der Waals surface area contributed by atoms with E-state index < -0.39 is 0 Å². The number of amides is 1. The Balaban J connectivity index is 1.92. The average molecular weight is 283 g/mol. The van der Waals surface area contributed by atoms with E-state index in [0.717, 1.165) is 19.4 Å². The molecule has 1 fully saturated rings. The highest BCUT2D eigenvalue weighted by atomic mass is 16.2. The summed E-state index contributed by atoms with van der Waals surface area (Å²) in [4.78, 5) is 14.7. The zero-order valence-corrected chi connectivity index (χ0v) is 12.8. The van der Waals surface area contributed by atoms with E-state index in [-0.39, 0.29) is 11.9 Å². The van der Waals surface area contributed by atoms with Gasteiger partial charge in [-0.25, -0.2) is 0 Å². The smallest absolute Gasteiger partial charge is 0.257 e. The van der Waals surface area contributed by atoms with E-state index in [9.17, 15) is 4.79 Å². The fraction of sp³-hybridized carbons (Fsp3) is 0.412. The third-order valence-corrected chi connectivity index (χ3v) is 4.26. The Morgan fingerprint density at radius 1 is 1.33 bits per heavy atom. The van der Waals surface area contributed by atoms with Crippen LogP contribution >= 0.6 is 0 Å². The summed E-state index contributed by atoms with van der Waals surface area (Å²) < 4.78 is 1.68. The van der Waals surface area contributed by atoms with Gasteiger partial charge in [0, 0.05) is 19.8 Å². The molecule has 3 rings (SSSR count). The summed E-state index contributed by atoms with van der Waals surface area (Å²) >= 11 is 0. The van der Waals surface area contributed by atoms with Crippen LogP contribution in [0.4, 0.5) is 0 Å². The quantitative estimate of drug-likeness (QED) is 0.849. The van der Waals surface area contributed by atoms with Crippen molar-refractivity contribution in [2.45, 2.75) is 32.7 Å². The van der Waals surface area contributed by atoms with Gasteiger partial charge in [0.05, 0.1) is 17.8 Å². The molecule has 110 valence electrons. The van der Waals surface area contributed by atoms with Gasteiger partial charge in [0.1, 0.15) is 0 Å². The van der Waals surface area contributed by atoms with E-state index in [1.165, 1.54) is 16.7 Å². The first-order valence-corrected chi connectivity index (χ1v) is 7.43. The number of likely N-dealkylation sites (tertiary alicyclic amines) is 1. The molecule has 1 aromatic heterocycles. The molecule has 1 unspecified atom stereocenters. The van der Waals surface area contributed by atoms with Crippen LogP contribution in [0.5, 0.6) is 0 Å². The van der Waals surface area contributed by atoms with Crippen molar-refractivity contribution in [2.75, 3.05) is 6.54 Å². The van der Waals surface area contributed by atoms with Crippen molar-refractivity contribution in [3.8, 4) is 0 Å². The third-order valence-electron chi connectivity index (χ3n) is 4.26. The van der Waals surface area contributed by atoms with Crippen molar-refractivity contribution in [1.82, 2.24) is 14.7 Å². The number of aromatic nitrogens is 2. The van der Waals surface area contributed by atoms with Gasteiger partial charge in [-0.05, 0) is 37.8 Å². The van der Waals surface area contributed by atoms with Crippen molar-refractivity contribution in [3.05, 3.63) is 52.8 Å². The fourth-order valence-corrected chi connectivity index (χ4v) is 3.15. The van der Waals surface area contributed by atoms with Crippen LogP contribution in [0.3, 0.4) is 0 Å². The molecular formula is C17H21N3O. The lowest BCUT2D eigenvalue weighted by molar-refractivity contribution is 0.0735. The van der Waals surface area contributed by atoms with Crippen LogP contribution in [0, 0.1) is 13.8 Å². The van der Waals surface area contributed by atoms with Crippen LogP contribution in [-0.2, 0) is 7.05 Å². The van der Waals surface area contributed by atoms with Crippen molar-refractivity contribution in [2.24, 2.45) is 7.05 Å². The summed E-state index contributed by atoms with van der Waals surface area (Å²) in [6, 6.07) is 6.68. The van der Waals surface area contributed by atoms with Gasteiger partial charge >= 0.3 is 0 Å². The number of hydrogen-bond donors (Lipinski definition) is 0. The Morgan fingerprint density at radius 2 is 2.14 bits per heavy atom. The summed E-state index contributed by atoms with van der Waals surface area (Å²) in [6.45, 7) is 5.05. The van der Waals surface area contributed by atoms with Crippen molar-refractivity contribution in [3.63, 3.8) is 0 Å². The maximum absolute atomic E-state index is 12.7. The first kappa shape index (κ1) is 13.9. The van der Waals surface area contributed by atoms with Gasteiger partial charge < -0.3 is 4.90 Å². The lowest BCUT2D eigenvalue weighted by atomic mass is 9.97. The lowest BCUT2D eigenvalue weighted by Crippen LogP contribution is -2.30. The molecule has 4 heteroatoms. The van der Waals surface area contributed by atoms with Crippen LogP contribution in [0.2, 0.25) is 0 Å². The third kappa shape index (κ3) is 2.58. The van der Waals surface area contributed by atoms with Crippen LogP contribution in [0.1, 0.15) is 45.9 Å². The second-order valence-corrected chi connectivity index (χ2v) is 5.92. The summed E-state index contributed by atoms with van der Waals surface area (Å²) in [6.07, 6.45) is 5.54. The van der Waals surface area contributed by atoms with E-state index in [2.05, 4.69) is 37.1 Å². The highest BCUT2D eigenvalue weighted by Gasteiger charge is 2.31. The highest BCUT2D eigenvalue weighted by Crippen LogP contribution is 2.35. The average Bonchev–Trinajstić information content (AvgIpc) is 3.09. The molecule has 1 saturated heterocycles. The molecular weight excluding hydrogens is 262 g/mol. The molecule has 0 N–H and O–H groups in total. The monoisotopic (exact) mass is 283 g/mol. The number of aryl methyl sites for hydroxylation is 3. The van der Waals surface area contributed by atoms with Crippen LogP contribution in [0.25, 0.3) is 0 Å². The molecule has 1 atom stereocenters. The summed E-state index contributed by atoms with van der Waals surface area (Å²) in [7, 11) is 1.84. The number of hydrogen-bond acceptors (Lipinski definition) is 2. The highest BCUT2D eigenvalue weighted by molar-refractivity contribution is 5.94. The van der Waals surface area contributed by atoms with E-state index in [0.29, 0.717) is 5.56 Å². The zero-order chi connectivity index (χ0) is 15.0. The topological polar surface area (TPSA) is 38.1 Å². The number of nitrogens with zero attached hydrogens (tertiary/aromatic N) is 3. The molecule has 0 spiro atoms. The standard InChI is InChI=1S/C17H21N3O/c1-12-6-7-13(2)15(9-12)16-5-4-8-20(16)17(21)14-10-18-19(3)11-14/h6-7,9-11,16H,4-5,8H2,1-3H3. The lowest BCUT2D eigenvalue weighted by Gasteiger charge is -2.26. The van der Waals surface area contributed by atoms with Crippen molar-refractivity contribution in [1.29, 1.82) is 0 Å². The van der Waals surface area contributed by atoms with Crippen molar-refractivity contribution < 1.29 is 4.79 Å². The predicted octanol–water partition coefficient (Wildman–Crippen LogP) is 3.01. The Hall–Kier alpha value is -2.10. The molecule has 1 amide bonds. The van der Waals surface area contributed by atoms with Gasteiger partial charge in [-0.2, -0.15) is 5.10 Å². The van der Waals surface area contributed by atoms with Gasteiger partial charge in [0.25, 0.3) is 5.91 Å². The largest absolute Gasteiger partial charge is 0.331 e. The fourth-order valence-electron chi connectivity index (χ4n) is 3.15. The maximum atomic E-state index is 12.7. The molecule has 1 aromatic carbocycles. The Kier molecular flexibility index (Phi) is 3.53. The second kappa shape index (κ2) is 5.35. The Bertz CT molecular complexity index is 674. The normalized spacial score (nSPS) is 18.2. The van der Waals surface area contributed by atoms with Crippen LogP contribution < -0.4 is 0 Å². The molecule has 0 saturated carbocycles. The zero-order valence-electron chi connectivity index (χ0n) is 12.8.